The zero-order chi connectivity index (χ0) is 22.8. The van der Waals surface area contributed by atoms with E-state index in [0.29, 0.717) is 11.3 Å². The van der Waals surface area contributed by atoms with Crippen LogP contribution in [0.4, 0.5) is 16.4 Å². The summed E-state index contributed by atoms with van der Waals surface area (Å²) in [5.41, 5.74) is 2.20. The minimum atomic E-state index is -4.05. The highest BCUT2D eigenvalue weighted by Gasteiger charge is 2.20. The van der Waals surface area contributed by atoms with Gasteiger partial charge < -0.3 is 9.84 Å². The second kappa shape index (κ2) is 8.40. The number of hydrogen-bond donors (Lipinski definition) is 3. The van der Waals surface area contributed by atoms with Crippen molar-refractivity contribution in [2.24, 2.45) is 0 Å². The Morgan fingerprint density at radius 2 is 1.39 bits per heavy atom. The number of urea groups is 1. The summed E-state index contributed by atoms with van der Waals surface area (Å²) in [4.78, 5) is 11.9. The maximum atomic E-state index is 12.5. The number of carbonyl (C=O) groups excluding carboxylic acids is 1. The normalized spacial score (nSPS) is 11.7. The summed E-state index contributed by atoms with van der Waals surface area (Å²) < 4.78 is 58.6. The summed E-state index contributed by atoms with van der Waals surface area (Å²) in [6, 6.07) is 10.2. The predicted molar refractivity (Wildman–Crippen MR) is 114 cm³/mol. The topological polar surface area (TPSA) is 147 Å². The van der Waals surface area contributed by atoms with E-state index in [2.05, 4.69) is 15.2 Å². The van der Waals surface area contributed by atoms with Gasteiger partial charge in [-0.05, 0) is 57.2 Å². The van der Waals surface area contributed by atoms with Gasteiger partial charge in [-0.2, -0.15) is 0 Å². The number of rotatable bonds is 6. The lowest BCUT2D eigenvalue weighted by molar-refractivity contribution is 0.256. The highest BCUT2D eigenvalue weighted by atomic mass is 32.2. The van der Waals surface area contributed by atoms with Gasteiger partial charge in [0.25, 0.3) is 20.0 Å². The summed E-state index contributed by atoms with van der Waals surface area (Å²) in [5.74, 6) is 0.0143. The van der Waals surface area contributed by atoms with Crippen LogP contribution in [-0.4, -0.2) is 28.0 Å². The zero-order valence-corrected chi connectivity index (χ0v) is 18.5. The minimum Gasteiger partial charge on any atom is -0.337 e. The Labute approximate surface area is 179 Å². The Bertz CT molecular complexity index is 1310. The molecule has 1 heterocycles. The molecular formula is C19H20N4O6S2. The summed E-state index contributed by atoms with van der Waals surface area (Å²) in [5, 5.41) is 6.04. The van der Waals surface area contributed by atoms with Gasteiger partial charge in [0.1, 0.15) is 0 Å². The van der Waals surface area contributed by atoms with Gasteiger partial charge in [0.2, 0.25) is 5.88 Å². The molecule has 0 spiro atoms. The molecule has 0 aliphatic rings. The third-order valence-corrected chi connectivity index (χ3v) is 7.06. The number of carbonyl (C=O) groups is 1. The van der Waals surface area contributed by atoms with Gasteiger partial charge in [-0.1, -0.05) is 22.9 Å². The highest BCUT2D eigenvalue weighted by Crippen LogP contribution is 2.22. The summed E-state index contributed by atoms with van der Waals surface area (Å²) >= 11 is 0. The quantitative estimate of drug-likeness (QED) is 0.508. The monoisotopic (exact) mass is 464 g/mol. The van der Waals surface area contributed by atoms with Crippen molar-refractivity contribution in [3.63, 3.8) is 0 Å². The number of nitrogens with zero attached hydrogens (tertiary/aromatic N) is 1. The van der Waals surface area contributed by atoms with Gasteiger partial charge in [0.15, 0.2) is 0 Å². The molecule has 0 atom stereocenters. The van der Waals surface area contributed by atoms with Crippen LogP contribution in [-0.2, 0) is 20.0 Å². The molecule has 0 unspecified atom stereocenters. The van der Waals surface area contributed by atoms with Crippen LogP contribution in [0.3, 0.4) is 0 Å². The summed E-state index contributed by atoms with van der Waals surface area (Å²) in [6.07, 6.45) is 0. The molecule has 0 bridgehead atoms. The molecule has 0 aliphatic carbocycles. The number of benzene rings is 2. The fourth-order valence-electron chi connectivity index (χ4n) is 2.46. The van der Waals surface area contributed by atoms with Crippen LogP contribution in [0, 0.1) is 20.8 Å². The van der Waals surface area contributed by atoms with Gasteiger partial charge >= 0.3 is 6.03 Å². The Morgan fingerprint density at radius 3 is 1.94 bits per heavy atom. The van der Waals surface area contributed by atoms with Gasteiger partial charge in [0.05, 0.1) is 15.5 Å². The van der Waals surface area contributed by atoms with Gasteiger partial charge in [-0.15, -0.1) is 0 Å². The second-order valence-corrected chi connectivity index (χ2v) is 10.1. The molecule has 2 aromatic carbocycles. The number of anilines is 2. The van der Waals surface area contributed by atoms with E-state index in [4.69, 9.17) is 4.52 Å². The number of nitrogens with one attached hydrogen (secondary N) is 3. The van der Waals surface area contributed by atoms with Crippen molar-refractivity contribution in [3.05, 3.63) is 65.4 Å². The summed E-state index contributed by atoms with van der Waals surface area (Å²) in [7, 11) is -7.99. The minimum absolute atomic E-state index is 0.0143. The smallest absolute Gasteiger partial charge is 0.333 e. The highest BCUT2D eigenvalue weighted by molar-refractivity contribution is 7.92. The summed E-state index contributed by atoms with van der Waals surface area (Å²) in [6.45, 7) is 5.16. The first-order valence-electron chi connectivity index (χ1n) is 8.94. The van der Waals surface area contributed by atoms with Crippen molar-refractivity contribution in [1.29, 1.82) is 0 Å². The third-order valence-electron chi connectivity index (χ3n) is 4.37. The van der Waals surface area contributed by atoms with E-state index in [1.165, 1.54) is 36.4 Å². The molecule has 164 valence electrons. The largest absolute Gasteiger partial charge is 0.337 e. The number of hydrogen-bond acceptors (Lipinski definition) is 7. The van der Waals surface area contributed by atoms with Crippen molar-refractivity contribution in [2.45, 2.75) is 30.6 Å². The molecular weight excluding hydrogens is 444 g/mol. The van der Waals surface area contributed by atoms with Crippen molar-refractivity contribution in [1.82, 2.24) is 9.88 Å². The van der Waals surface area contributed by atoms with E-state index in [0.717, 1.165) is 5.56 Å². The fraction of sp³-hybridized carbons (Fsp3) is 0.158. The Balaban J connectivity index is 1.68. The van der Waals surface area contributed by atoms with E-state index in [9.17, 15) is 21.6 Å². The number of amides is 2. The van der Waals surface area contributed by atoms with Crippen molar-refractivity contribution < 1.29 is 26.2 Å². The van der Waals surface area contributed by atoms with E-state index in [1.807, 2.05) is 11.6 Å². The maximum absolute atomic E-state index is 12.5. The van der Waals surface area contributed by atoms with Crippen LogP contribution in [0.15, 0.2) is 62.8 Å². The van der Waals surface area contributed by atoms with Crippen LogP contribution in [0.5, 0.6) is 0 Å². The van der Waals surface area contributed by atoms with E-state index in [-0.39, 0.29) is 21.4 Å². The molecule has 12 heteroatoms. The first-order valence-corrected chi connectivity index (χ1v) is 11.9. The van der Waals surface area contributed by atoms with Crippen LogP contribution in [0.2, 0.25) is 0 Å². The number of aryl methyl sites for hydroxylation is 2. The molecule has 31 heavy (non-hydrogen) atoms. The Morgan fingerprint density at radius 1 is 0.839 bits per heavy atom. The SMILES string of the molecule is Cc1ccc(S(=O)(=O)NC(=O)Nc2ccc(S(=O)(=O)Nc3onc(C)c3C)cc2)cc1. The molecule has 3 aromatic rings. The second-order valence-electron chi connectivity index (χ2n) is 6.72. The Hall–Kier alpha value is -3.38. The van der Waals surface area contributed by atoms with Crippen molar-refractivity contribution >= 4 is 37.6 Å². The maximum Gasteiger partial charge on any atom is 0.333 e. The lowest BCUT2D eigenvalue weighted by Gasteiger charge is -2.10. The molecule has 10 nitrogen and oxygen atoms in total. The predicted octanol–water partition coefficient (Wildman–Crippen LogP) is 2.91. The fourth-order valence-corrected chi connectivity index (χ4v) is 4.42. The first-order chi connectivity index (χ1) is 14.5. The van der Waals surface area contributed by atoms with Crippen molar-refractivity contribution in [2.75, 3.05) is 10.0 Å². The van der Waals surface area contributed by atoms with Gasteiger partial charge in [-0.3, -0.25) is 0 Å². The zero-order valence-electron chi connectivity index (χ0n) is 16.8. The standard InChI is InChI=1S/C19H20N4O6S2/c1-12-4-8-16(9-5-12)31(27,28)23-19(24)20-15-6-10-17(11-7-15)30(25,26)22-18-13(2)14(3)21-29-18/h4-11,22H,1-3H3,(H2,20,23,24). The van der Waals surface area contributed by atoms with Crippen LogP contribution < -0.4 is 14.8 Å². The first kappa shape index (κ1) is 22.3. The molecule has 3 N–H and O–H groups in total. The lowest BCUT2D eigenvalue weighted by Crippen LogP contribution is -2.34. The van der Waals surface area contributed by atoms with Crippen LogP contribution in [0.1, 0.15) is 16.8 Å². The molecule has 0 saturated heterocycles. The molecule has 0 fully saturated rings. The molecule has 3 rings (SSSR count). The Kier molecular flexibility index (Phi) is 6.04. The van der Waals surface area contributed by atoms with E-state index in [1.54, 1.807) is 26.0 Å². The van der Waals surface area contributed by atoms with Crippen LogP contribution in [0.25, 0.3) is 0 Å². The molecule has 0 aliphatic heterocycles. The van der Waals surface area contributed by atoms with Gasteiger partial charge in [0, 0.05) is 11.3 Å². The van der Waals surface area contributed by atoms with E-state index < -0.39 is 26.1 Å². The van der Waals surface area contributed by atoms with Crippen LogP contribution >= 0.6 is 0 Å². The van der Waals surface area contributed by atoms with E-state index >= 15 is 0 Å². The number of aromatic nitrogens is 1. The molecule has 0 saturated carbocycles. The molecule has 2 amide bonds. The molecule has 1 aromatic heterocycles. The van der Waals surface area contributed by atoms with Crippen molar-refractivity contribution in [3.8, 4) is 0 Å². The third kappa shape index (κ3) is 5.22. The average molecular weight is 465 g/mol. The lowest BCUT2D eigenvalue weighted by atomic mass is 10.2. The number of sulfonamides is 2. The van der Waals surface area contributed by atoms with Gasteiger partial charge in [-0.25, -0.2) is 31.1 Å². The average Bonchev–Trinajstić information content (AvgIpc) is 3.00. The molecule has 0 radical (unpaired) electrons.